The lowest BCUT2D eigenvalue weighted by Crippen LogP contribution is -2.06. The number of hydrogen-bond acceptors (Lipinski definition) is 3. The lowest BCUT2D eigenvalue weighted by atomic mass is 10.2. The smallest absolute Gasteiger partial charge is 0.338 e. The van der Waals surface area contributed by atoms with E-state index in [-0.39, 0.29) is 5.97 Å². The molecule has 0 saturated heterocycles. The molecule has 0 bridgehead atoms. The zero-order valence-corrected chi connectivity index (χ0v) is 15.2. The Morgan fingerprint density at radius 2 is 2.00 bits per heavy atom. The van der Waals surface area contributed by atoms with Gasteiger partial charge in [-0.05, 0) is 43.2 Å². The highest BCUT2D eigenvalue weighted by molar-refractivity contribution is 6.31. The van der Waals surface area contributed by atoms with Crippen molar-refractivity contribution < 1.29 is 9.53 Å². The first-order valence-electron chi connectivity index (χ1n) is 8.53. The first-order valence-corrected chi connectivity index (χ1v) is 8.91. The molecule has 5 heteroatoms. The molecule has 0 aliphatic heterocycles. The van der Waals surface area contributed by atoms with Gasteiger partial charge in [0, 0.05) is 11.4 Å². The van der Waals surface area contributed by atoms with Gasteiger partial charge >= 0.3 is 5.97 Å². The Balaban J connectivity index is 2.05. The van der Waals surface area contributed by atoms with E-state index in [4.69, 9.17) is 21.3 Å². The van der Waals surface area contributed by atoms with Crippen LogP contribution in [0.2, 0.25) is 5.02 Å². The van der Waals surface area contributed by atoms with Gasteiger partial charge < -0.3 is 9.30 Å². The molecular weight excluding hydrogens is 336 g/mol. The van der Waals surface area contributed by atoms with Crippen molar-refractivity contribution in [1.29, 1.82) is 0 Å². The zero-order chi connectivity index (χ0) is 17.8. The molecular formula is C20H21ClN2O2. The van der Waals surface area contributed by atoms with Gasteiger partial charge in [0.05, 0.1) is 29.7 Å². The van der Waals surface area contributed by atoms with E-state index in [1.165, 1.54) is 0 Å². The molecule has 0 spiro atoms. The van der Waals surface area contributed by atoms with Gasteiger partial charge in [-0.3, -0.25) is 0 Å². The standard InChI is InChI=1S/C20H21ClN2O2/c1-3-7-19-22-17-12-14(20(24)25-4-2)10-11-18(17)23(19)13-15-8-5-6-9-16(15)21/h5-6,8-12H,3-4,7,13H2,1-2H3. The van der Waals surface area contributed by atoms with Crippen LogP contribution in [0.15, 0.2) is 42.5 Å². The number of benzene rings is 2. The molecule has 4 nitrogen and oxygen atoms in total. The average Bonchev–Trinajstić information content (AvgIpc) is 2.94. The van der Waals surface area contributed by atoms with Gasteiger partial charge in [0.2, 0.25) is 0 Å². The zero-order valence-electron chi connectivity index (χ0n) is 14.5. The number of fused-ring (bicyclic) bond motifs is 1. The number of esters is 1. The molecule has 0 fully saturated rings. The van der Waals surface area contributed by atoms with Gasteiger partial charge in [0.1, 0.15) is 5.82 Å². The van der Waals surface area contributed by atoms with Gasteiger partial charge in [-0.25, -0.2) is 9.78 Å². The van der Waals surface area contributed by atoms with Crippen molar-refractivity contribution in [1.82, 2.24) is 9.55 Å². The van der Waals surface area contributed by atoms with Crippen LogP contribution in [0, 0.1) is 0 Å². The molecule has 0 radical (unpaired) electrons. The first kappa shape index (κ1) is 17.5. The van der Waals surface area contributed by atoms with Gasteiger partial charge in [0.25, 0.3) is 0 Å². The van der Waals surface area contributed by atoms with E-state index in [1.54, 1.807) is 19.1 Å². The van der Waals surface area contributed by atoms with E-state index in [1.807, 2.05) is 30.3 Å². The van der Waals surface area contributed by atoms with Crippen LogP contribution in [-0.2, 0) is 17.7 Å². The molecule has 25 heavy (non-hydrogen) atoms. The third-order valence-electron chi connectivity index (χ3n) is 4.10. The fraction of sp³-hybridized carbons (Fsp3) is 0.300. The Morgan fingerprint density at radius 3 is 2.72 bits per heavy atom. The van der Waals surface area contributed by atoms with E-state index in [9.17, 15) is 4.79 Å². The van der Waals surface area contributed by atoms with Crippen LogP contribution in [-0.4, -0.2) is 22.1 Å². The quantitative estimate of drug-likeness (QED) is 0.592. The number of imidazole rings is 1. The van der Waals surface area contributed by atoms with Crippen molar-refractivity contribution in [3.05, 3.63) is 64.4 Å². The summed E-state index contributed by atoms with van der Waals surface area (Å²) >= 11 is 6.33. The summed E-state index contributed by atoms with van der Waals surface area (Å²) in [6, 6.07) is 13.4. The molecule has 0 aliphatic carbocycles. The molecule has 1 aromatic heterocycles. The van der Waals surface area contributed by atoms with Crippen LogP contribution in [0.3, 0.4) is 0 Å². The number of carbonyl (C=O) groups is 1. The molecule has 130 valence electrons. The van der Waals surface area contributed by atoms with Crippen LogP contribution >= 0.6 is 11.6 Å². The maximum Gasteiger partial charge on any atom is 0.338 e. The van der Waals surface area contributed by atoms with Gasteiger partial charge in [-0.2, -0.15) is 0 Å². The summed E-state index contributed by atoms with van der Waals surface area (Å²) in [5.41, 5.74) is 3.38. The second-order valence-corrected chi connectivity index (χ2v) is 6.29. The Kier molecular flexibility index (Phi) is 5.39. The SMILES string of the molecule is CCCc1nc2cc(C(=O)OCC)ccc2n1Cc1ccccc1Cl. The van der Waals surface area contributed by atoms with Crippen LogP contribution in [0.25, 0.3) is 11.0 Å². The number of rotatable bonds is 6. The maximum absolute atomic E-state index is 12.0. The van der Waals surface area contributed by atoms with Gasteiger partial charge in [0.15, 0.2) is 0 Å². The number of ether oxygens (including phenoxy) is 1. The van der Waals surface area contributed by atoms with E-state index in [2.05, 4.69) is 11.5 Å². The summed E-state index contributed by atoms with van der Waals surface area (Å²) in [5.74, 6) is 0.681. The third kappa shape index (κ3) is 3.69. The lowest BCUT2D eigenvalue weighted by molar-refractivity contribution is 0.0526. The molecule has 0 N–H and O–H groups in total. The largest absolute Gasteiger partial charge is 0.462 e. The average molecular weight is 357 g/mol. The van der Waals surface area contributed by atoms with Crippen molar-refractivity contribution in [3.8, 4) is 0 Å². The van der Waals surface area contributed by atoms with Crippen LogP contribution < -0.4 is 0 Å². The Labute approximate surface area is 152 Å². The number of nitrogens with zero attached hydrogens (tertiary/aromatic N) is 2. The van der Waals surface area contributed by atoms with Crippen molar-refractivity contribution in [2.24, 2.45) is 0 Å². The topological polar surface area (TPSA) is 44.1 Å². The number of halogens is 1. The molecule has 2 aromatic carbocycles. The van der Waals surface area contributed by atoms with Crippen LogP contribution in [0.1, 0.15) is 42.0 Å². The number of aromatic nitrogens is 2. The second-order valence-electron chi connectivity index (χ2n) is 5.88. The lowest BCUT2D eigenvalue weighted by Gasteiger charge is -2.10. The summed E-state index contributed by atoms with van der Waals surface area (Å²) in [6.07, 6.45) is 1.87. The summed E-state index contributed by atoms with van der Waals surface area (Å²) in [4.78, 5) is 16.7. The third-order valence-corrected chi connectivity index (χ3v) is 4.47. The molecule has 0 aliphatic rings. The Bertz CT molecular complexity index is 902. The second kappa shape index (κ2) is 7.70. The highest BCUT2D eigenvalue weighted by atomic mass is 35.5. The Morgan fingerprint density at radius 1 is 1.20 bits per heavy atom. The van der Waals surface area contributed by atoms with Gasteiger partial charge in [-0.1, -0.05) is 36.7 Å². The molecule has 0 amide bonds. The molecule has 0 unspecified atom stereocenters. The predicted octanol–water partition coefficient (Wildman–Crippen LogP) is 4.87. The minimum Gasteiger partial charge on any atom is -0.462 e. The molecule has 1 heterocycles. The van der Waals surface area contributed by atoms with E-state index in [0.717, 1.165) is 40.3 Å². The summed E-state index contributed by atoms with van der Waals surface area (Å²) in [7, 11) is 0. The van der Waals surface area contributed by atoms with Crippen LogP contribution in [0.5, 0.6) is 0 Å². The van der Waals surface area contributed by atoms with E-state index < -0.39 is 0 Å². The summed E-state index contributed by atoms with van der Waals surface area (Å²) in [5, 5.41) is 0.745. The van der Waals surface area contributed by atoms with E-state index >= 15 is 0 Å². The fourth-order valence-corrected chi connectivity index (χ4v) is 3.10. The monoisotopic (exact) mass is 356 g/mol. The Hall–Kier alpha value is -2.33. The number of aryl methyl sites for hydroxylation is 1. The van der Waals surface area contributed by atoms with Crippen molar-refractivity contribution in [3.63, 3.8) is 0 Å². The van der Waals surface area contributed by atoms with Crippen molar-refractivity contribution >= 4 is 28.6 Å². The highest BCUT2D eigenvalue weighted by Gasteiger charge is 2.14. The summed E-state index contributed by atoms with van der Waals surface area (Å²) < 4.78 is 7.26. The van der Waals surface area contributed by atoms with Crippen molar-refractivity contribution in [2.45, 2.75) is 33.2 Å². The predicted molar refractivity (Wildman–Crippen MR) is 100 cm³/mol. The molecule has 0 atom stereocenters. The number of carbonyl (C=O) groups excluding carboxylic acids is 1. The van der Waals surface area contributed by atoms with Crippen LogP contribution in [0.4, 0.5) is 0 Å². The molecule has 3 rings (SSSR count). The van der Waals surface area contributed by atoms with Crippen molar-refractivity contribution in [2.75, 3.05) is 6.61 Å². The maximum atomic E-state index is 12.0. The van der Waals surface area contributed by atoms with Gasteiger partial charge in [-0.15, -0.1) is 0 Å². The molecule has 3 aromatic rings. The minimum atomic E-state index is -0.318. The first-order chi connectivity index (χ1) is 12.1. The highest BCUT2D eigenvalue weighted by Crippen LogP contribution is 2.23. The normalized spacial score (nSPS) is 11.0. The number of hydrogen-bond donors (Lipinski definition) is 0. The molecule has 0 saturated carbocycles. The fourth-order valence-electron chi connectivity index (χ4n) is 2.91. The summed E-state index contributed by atoms with van der Waals surface area (Å²) in [6.45, 7) is 4.94. The van der Waals surface area contributed by atoms with E-state index in [0.29, 0.717) is 18.7 Å². The minimum absolute atomic E-state index is 0.318.